The molecule has 1 saturated carbocycles. The number of nitrogens with zero attached hydrogens (tertiary/aromatic N) is 2. The molecular formula is C12H20N2O. The van der Waals surface area contributed by atoms with E-state index >= 15 is 0 Å². The highest BCUT2D eigenvalue weighted by Gasteiger charge is 2.28. The first kappa shape index (κ1) is 12.0. The lowest BCUT2D eigenvalue weighted by Gasteiger charge is -2.28. The normalized spacial score (nSPS) is 18.5. The molecule has 1 aliphatic rings. The van der Waals surface area contributed by atoms with E-state index in [2.05, 4.69) is 6.07 Å². The number of amides is 1. The lowest BCUT2D eigenvalue weighted by atomic mass is 10.1. The summed E-state index contributed by atoms with van der Waals surface area (Å²) in [7, 11) is 0. The quantitative estimate of drug-likeness (QED) is 0.665. The van der Waals surface area contributed by atoms with Crippen molar-refractivity contribution in [3.63, 3.8) is 0 Å². The van der Waals surface area contributed by atoms with Crippen molar-refractivity contribution < 1.29 is 4.79 Å². The third-order valence-corrected chi connectivity index (χ3v) is 3.32. The van der Waals surface area contributed by atoms with Crippen LogP contribution in [-0.4, -0.2) is 23.4 Å². The molecule has 1 fully saturated rings. The smallest absolute Gasteiger partial charge is 0.226 e. The zero-order chi connectivity index (χ0) is 11.3. The molecule has 1 rings (SSSR count). The van der Waals surface area contributed by atoms with Crippen molar-refractivity contribution in [3.8, 4) is 6.07 Å². The largest absolute Gasteiger partial charge is 0.326 e. The van der Waals surface area contributed by atoms with Gasteiger partial charge >= 0.3 is 0 Å². The molecular weight excluding hydrogens is 188 g/mol. The maximum Gasteiger partial charge on any atom is 0.226 e. The maximum atomic E-state index is 12.0. The first-order valence-corrected chi connectivity index (χ1v) is 5.88. The zero-order valence-corrected chi connectivity index (χ0v) is 9.70. The SMILES string of the molecule is CCC(C)C(=O)N(CC#N)C1CCCC1. The van der Waals surface area contributed by atoms with Crippen molar-refractivity contribution in [1.82, 2.24) is 4.90 Å². The Balaban J connectivity index is 2.64. The summed E-state index contributed by atoms with van der Waals surface area (Å²) in [5.41, 5.74) is 0. The van der Waals surface area contributed by atoms with Gasteiger partial charge in [-0.05, 0) is 19.3 Å². The fraction of sp³-hybridized carbons (Fsp3) is 0.833. The van der Waals surface area contributed by atoms with Crippen LogP contribution in [0.15, 0.2) is 0 Å². The summed E-state index contributed by atoms with van der Waals surface area (Å²) in [5.74, 6) is 0.213. The van der Waals surface area contributed by atoms with Gasteiger partial charge in [-0.15, -0.1) is 0 Å². The van der Waals surface area contributed by atoms with Crippen LogP contribution in [0.4, 0.5) is 0 Å². The van der Waals surface area contributed by atoms with Gasteiger partial charge in [-0.1, -0.05) is 26.7 Å². The molecule has 0 N–H and O–H groups in total. The number of hydrogen-bond donors (Lipinski definition) is 0. The summed E-state index contributed by atoms with van der Waals surface area (Å²) in [6.07, 6.45) is 5.39. The van der Waals surface area contributed by atoms with Crippen LogP contribution in [0.1, 0.15) is 46.0 Å². The third-order valence-electron chi connectivity index (χ3n) is 3.32. The first-order valence-electron chi connectivity index (χ1n) is 5.88. The zero-order valence-electron chi connectivity index (χ0n) is 9.70. The molecule has 0 aromatic carbocycles. The van der Waals surface area contributed by atoms with E-state index in [9.17, 15) is 4.79 Å². The molecule has 0 saturated heterocycles. The minimum atomic E-state index is 0.0546. The molecule has 1 unspecified atom stereocenters. The van der Waals surface area contributed by atoms with Gasteiger partial charge in [-0.3, -0.25) is 4.79 Å². The predicted octanol–water partition coefficient (Wildman–Crippen LogP) is 2.33. The minimum absolute atomic E-state index is 0.0546. The fourth-order valence-electron chi connectivity index (χ4n) is 2.14. The van der Waals surface area contributed by atoms with Crippen molar-refractivity contribution in [2.24, 2.45) is 5.92 Å². The highest BCUT2D eigenvalue weighted by Crippen LogP contribution is 2.24. The molecule has 3 nitrogen and oxygen atoms in total. The van der Waals surface area contributed by atoms with Gasteiger partial charge in [0.05, 0.1) is 6.07 Å². The van der Waals surface area contributed by atoms with Crippen molar-refractivity contribution >= 4 is 5.91 Å². The highest BCUT2D eigenvalue weighted by atomic mass is 16.2. The molecule has 0 heterocycles. The van der Waals surface area contributed by atoms with E-state index in [-0.39, 0.29) is 18.4 Å². The Bertz CT molecular complexity index is 251. The van der Waals surface area contributed by atoms with Gasteiger partial charge in [0.2, 0.25) is 5.91 Å². The van der Waals surface area contributed by atoms with Gasteiger partial charge in [-0.2, -0.15) is 5.26 Å². The topological polar surface area (TPSA) is 44.1 Å². The number of nitriles is 1. The van der Waals surface area contributed by atoms with E-state index in [4.69, 9.17) is 5.26 Å². The first-order chi connectivity index (χ1) is 7.20. The van der Waals surface area contributed by atoms with Gasteiger partial charge in [0.15, 0.2) is 0 Å². The average Bonchev–Trinajstić information content (AvgIpc) is 2.77. The molecule has 0 aromatic rings. The summed E-state index contributed by atoms with van der Waals surface area (Å²) in [6, 6.07) is 2.43. The second-order valence-corrected chi connectivity index (χ2v) is 4.37. The summed E-state index contributed by atoms with van der Waals surface area (Å²) in [6.45, 7) is 4.22. The number of carbonyl (C=O) groups is 1. The van der Waals surface area contributed by atoms with Crippen LogP contribution in [0.5, 0.6) is 0 Å². The highest BCUT2D eigenvalue weighted by molar-refractivity contribution is 5.79. The van der Waals surface area contributed by atoms with E-state index in [0.29, 0.717) is 6.04 Å². The standard InChI is InChI=1S/C12H20N2O/c1-3-10(2)12(15)14(9-8-13)11-6-4-5-7-11/h10-11H,3-7,9H2,1-2H3. The summed E-state index contributed by atoms with van der Waals surface area (Å²) in [5, 5.41) is 8.76. The fourth-order valence-corrected chi connectivity index (χ4v) is 2.14. The average molecular weight is 208 g/mol. The van der Waals surface area contributed by atoms with E-state index in [0.717, 1.165) is 19.3 Å². The number of hydrogen-bond acceptors (Lipinski definition) is 2. The predicted molar refractivity (Wildman–Crippen MR) is 59.0 cm³/mol. The molecule has 84 valence electrons. The summed E-state index contributed by atoms with van der Waals surface area (Å²) in [4.78, 5) is 13.8. The van der Waals surface area contributed by atoms with Crippen molar-refractivity contribution in [1.29, 1.82) is 5.26 Å². The molecule has 1 aliphatic carbocycles. The van der Waals surface area contributed by atoms with Gasteiger partial charge in [-0.25, -0.2) is 0 Å². The Morgan fingerprint density at radius 3 is 2.60 bits per heavy atom. The van der Waals surface area contributed by atoms with E-state index in [1.54, 1.807) is 4.90 Å². The molecule has 0 spiro atoms. The molecule has 0 bridgehead atoms. The maximum absolute atomic E-state index is 12.0. The van der Waals surface area contributed by atoms with Crippen LogP contribution in [0.3, 0.4) is 0 Å². The van der Waals surface area contributed by atoms with E-state index in [1.807, 2.05) is 13.8 Å². The third kappa shape index (κ3) is 2.95. The van der Waals surface area contributed by atoms with Crippen LogP contribution < -0.4 is 0 Å². The second kappa shape index (κ2) is 5.75. The monoisotopic (exact) mass is 208 g/mol. The Kier molecular flexibility index (Phi) is 4.61. The molecule has 3 heteroatoms. The van der Waals surface area contributed by atoms with Crippen LogP contribution >= 0.6 is 0 Å². The Morgan fingerprint density at radius 2 is 2.13 bits per heavy atom. The molecule has 0 aromatic heterocycles. The number of rotatable bonds is 4. The molecule has 0 radical (unpaired) electrons. The van der Waals surface area contributed by atoms with Gasteiger partial charge < -0.3 is 4.90 Å². The Hall–Kier alpha value is -1.04. The Labute approximate surface area is 92.1 Å². The molecule has 0 aliphatic heterocycles. The summed E-state index contributed by atoms with van der Waals surface area (Å²) >= 11 is 0. The molecule has 1 atom stereocenters. The second-order valence-electron chi connectivity index (χ2n) is 4.37. The van der Waals surface area contributed by atoms with Crippen LogP contribution in [0.25, 0.3) is 0 Å². The number of carbonyl (C=O) groups excluding carboxylic acids is 1. The van der Waals surface area contributed by atoms with Crippen LogP contribution in [0.2, 0.25) is 0 Å². The van der Waals surface area contributed by atoms with Gasteiger partial charge in [0.25, 0.3) is 0 Å². The van der Waals surface area contributed by atoms with Crippen molar-refractivity contribution in [3.05, 3.63) is 0 Å². The lowest BCUT2D eigenvalue weighted by molar-refractivity contribution is -0.136. The van der Waals surface area contributed by atoms with Crippen LogP contribution in [-0.2, 0) is 4.79 Å². The van der Waals surface area contributed by atoms with E-state index in [1.165, 1.54) is 12.8 Å². The molecule has 15 heavy (non-hydrogen) atoms. The van der Waals surface area contributed by atoms with Gasteiger partial charge in [0.1, 0.15) is 6.54 Å². The minimum Gasteiger partial charge on any atom is -0.326 e. The van der Waals surface area contributed by atoms with E-state index < -0.39 is 0 Å². The van der Waals surface area contributed by atoms with Gasteiger partial charge in [0, 0.05) is 12.0 Å². The van der Waals surface area contributed by atoms with Crippen molar-refractivity contribution in [2.45, 2.75) is 52.0 Å². The van der Waals surface area contributed by atoms with Crippen molar-refractivity contribution in [2.75, 3.05) is 6.54 Å². The summed E-state index contributed by atoms with van der Waals surface area (Å²) < 4.78 is 0. The van der Waals surface area contributed by atoms with Crippen LogP contribution in [0, 0.1) is 17.2 Å². The molecule has 1 amide bonds. The lowest BCUT2D eigenvalue weighted by Crippen LogP contribution is -2.41. The Morgan fingerprint density at radius 1 is 1.53 bits per heavy atom.